The van der Waals surface area contributed by atoms with Gasteiger partial charge in [0, 0.05) is 20.1 Å². The summed E-state index contributed by atoms with van der Waals surface area (Å²) in [6.45, 7) is 2.37. The molecule has 1 rings (SSSR count). The second kappa shape index (κ2) is 9.06. The Balaban J connectivity index is 2.40. The molecule has 0 saturated heterocycles. The number of hydrogen-bond acceptors (Lipinski definition) is 6. The first-order valence-electron chi connectivity index (χ1n) is 6.88. The molecule has 0 aliphatic carbocycles. The predicted octanol–water partition coefficient (Wildman–Crippen LogP) is 2.90. The lowest BCUT2D eigenvalue weighted by atomic mass is 10.1. The summed E-state index contributed by atoms with van der Waals surface area (Å²) in [5.74, 6) is 0.195. The number of carbonyl (C=O) groups is 1. The summed E-state index contributed by atoms with van der Waals surface area (Å²) >= 11 is 0. The first kappa shape index (κ1) is 18.8. The second-order valence-electron chi connectivity index (χ2n) is 4.86. The van der Waals surface area contributed by atoms with Crippen LogP contribution in [0.1, 0.15) is 12.5 Å². The molecule has 0 saturated carbocycles. The lowest BCUT2D eigenvalue weighted by molar-refractivity contribution is -0.122. The third-order valence-corrected chi connectivity index (χ3v) is 5.06. The Bertz CT molecular complexity index is 505. The van der Waals surface area contributed by atoms with Gasteiger partial charge < -0.3 is 18.5 Å². The summed E-state index contributed by atoms with van der Waals surface area (Å²) in [5, 5.41) is 0. The highest BCUT2D eigenvalue weighted by Gasteiger charge is 2.28. The van der Waals surface area contributed by atoms with Gasteiger partial charge in [0.05, 0.1) is 20.3 Å². The van der Waals surface area contributed by atoms with E-state index in [2.05, 4.69) is 0 Å². The van der Waals surface area contributed by atoms with Crippen LogP contribution < -0.4 is 4.74 Å². The van der Waals surface area contributed by atoms with Crippen molar-refractivity contribution in [3.63, 3.8) is 0 Å². The van der Waals surface area contributed by atoms with Gasteiger partial charge in [-0.25, -0.2) is 0 Å². The third-order valence-electron chi connectivity index (χ3n) is 3.25. The largest absolute Gasteiger partial charge is 0.497 e. The molecule has 124 valence electrons. The molecule has 0 fully saturated rings. The Morgan fingerprint density at radius 3 is 2.23 bits per heavy atom. The van der Waals surface area contributed by atoms with Crippen molar-refractivity contribution in [3.05, 3.63) is 29.8 Å². The van der Waals surface area contributed by atoms with E-state index in [4.69, 9.17) is 18.5 Å². The quantitative estimate of drug-likeness (QED) is 0.614. The predicted molar refractivity (Wildman–Crippen MR) is 83.3 cm³/mol. The zero-order valence-electron chi connectivity index (χ0n) is 13.4. The van der Waals surface area contributed by atoms with Crippen LogP contribution >= 0.6 is 7.60 Å². The summed E-state index contributed by atoms with van der Waals surface area (Å²) in [6, 6.07) is 7.49. The minimum absolute atomic E-state index is 0.207. The maximum atomic E-state index is 12.0. The number of ketones is 1. The number of methoxy groups -OCH3 is 1. The van der Waals surface area contributed by atoms with Crippen LogP contribution in [0.4, 0.5) is 0 Å². The zero-order valence-corrected chi connectivity index (χ0v) is 14.3. The number of ether oxygens (including phenoxy) is 2. The highest BCUT2D eigenvalue weighted by Crippen LogP contribution is 2.46. The Kier molecular flexibility index (Phi) is 7.76. The van der Waals surface area contributed by atoms with Crippen LogP contribution in [-0.2, 0) is 29.8 Å². The van der Waals surface area contributed by atoms with Gasteiger partial charge in [-0.05, 0) is 17.7 Å². The normalized spacial score (nSPS) is 12.9. The SMILES string of the molecule is COc1ccc(COC[C@H](C)C(=O)CP(=O)(OC)OC)cc1. The van der Waals surface area contributed by atoms with E-state index >= 15 is 0 Å². The number of Topliss-reactive ketones (excluding diaryl/α,β-unsaturated/α-hetero) is 1. The first-order chi connectivity index (χ1) is 10.4. The molecule has 1 atom stereocenters. The van der Waals surface area contributed by atoms with Crippen molar-refractivity contribution in [2.75, 3.05) is 34.1 Å². The van der Waals surface area contributed by atoms with Crippen molar-refractivity contribution in [1.82, 2.24) is 0 Å². The lowest BCUT2D eigenvalue weighted by Crippen LogP contribution is -2.21. The summed E-state index contributed by atoms with van der Waals surface area (Å²) < 4.78 is 32.0. The average molecular weight is 330 g/mol. The molecule has 0 bridgehead atoms. The molecule has 0 N–H and O–H groups in total. The van der Waals surface area contributed by atoms with Crippen LogP contribution in [0, 0.1) is 5.92 Å². The molecule has 0 heterocycles. The molecule has 1 aromatic carbocycles. The topological polar surface area (TPSA) is 71.1 Å². The third kappa shape index (κ3) is 5.89. The van der Waals surface area contributed by atoms with Gasteiger partial charge in [0.1, 0.15) is 17.7 Å². The molecule has 0 radical (unpaired) electrons. The Morgan fingerprint density at radius 1 is 1.14 bits per heavy atom. The monoisotopic (exact) mass is 330 g/mol. The van der Waals surface area contributed by atoms with Gasteiger partial charge in [0.25, 0.3) is 0 Å². The highest BCUT2D eigenvalue weighted by molar-refractivity contribution is 7.54. The van der Waals surface area contributed by atoms with E-state index in [-0.39, 0.29) is 24.5 Å². The molecule has 0 aliphatic heterocycles. The first-order valence-corrected chi connectivity index (χ1v) is 8.60. The van der Waals surface area contributed by atoms with Crippen molar-refractivity contribution in [2.24, 2.45) is 5.92 Å². The van der Waals surface area contributed by atoms with Gasteiger partial charge in [-0.3, -0.25) is 9.36 Å². The van der Waals surface area contributed by atoms with Crippen LogP contribution in [0.2, 0.25) is 0 Å². The molecule has 0 amide bonds. The molecular formula is C15H23O6P. The summed E-state index contributed by atoms with van der Waals surface area (Å²) in [4.78, 5) is 12.0. The lowest BCUT2D eigenvalue weighted by Gasteiger charge is -2.16. The maximum absolute atomic E-state index is 12.0. The fraction of sp³-hybridized carbons (Fsp3) is 0.533. The Morgan fingerprint density at radius 2 is 1.73 bits per heavy atom. The van der Waals surface area contributed by atoms with Crippen LogP contribution in [0.5, 0.6) is 5.75 Å². The van der Waals surface area contributed by atoms with Crippen LogP contribution in [0.3, 0.4) is 0 Å². The Labute approximate surface area is 131 Å². The second-order valence-corrected chi connectivity index (χ2v) is 7.13. The van der Waals surface area contributed by atoms with Gasteiger partial charge in [-0.15, -0.1) is 0 Å². The average Bonchev–Trinajstić information content (AvgIpc) is 2.55. The van der Waals surface area contributed by atoms with E-state index in [0.717, 1.165) is 11.3 Å². The van der Waals surface area contributed by atoms with Crippen LogP contribution in [-0.4, -0.2) is 39.9 Å². The van der Waals surface area contributed by atoms with Crippen LogP contribution in [0.15, 0.2) is 24.3 Å². The van der Waals surface area contributed by atoms with Crippen molar-refractivity contribution in [2.45, 2.75) is 13.5 Å². The van der Waals surface area contributed by atoms with Gasteiger partial charge in [-0.2, -0.15) is 0 Å². The van der Waals surface area contributed by atoms with Gasteiger partial charge >= 0.3 is 7.60 Å². The molecule has 0 unspecified atom stereocenters. The number of carbonyl (C=O) groups excluding carboxylic acids is 1. The van der Waals surface area contributed by atoms with E-state index in [1.165, 1.54) is 14.2 Å². The highest BCUT2D eigenvalue weighted by atomic mass is 31.2. The number of hydrogen-bond donors (Lipinski definition) is 0. The number of rotatable bonds is 10. The van der Waals surface area contributed by atoms with Crippen molar-refractivity contribution < 1.29 is 27.9 Å². The molecule has 1 aromatic rings. The van der Waals surface area contributed by atoms with E-state index in [1.54, 1.807) is 14.0 Å². The molecule has 0 aromatic heterocycles. The van der Waals surface area contributed by atoms with Gasteiger partial charge in [0.15, 0.2) is 0 Å². The van der Waals surface area contributed by atoms with E-state index in [9.17, 15) is 9.36 Å². The fourth-order valence-electron chi connectivity index (χ4n) is 1.72. The van der Waals surface area contributed by atoms with E-state index < -0.39 is 7.60 Å². The summed E-state index contributed by atoms with van der Waals surface area (Å²) in [6.07, 6.45) is -0.243. The van der Waals surface area contributed by atoms with Crippen LogP contribution in [0.25, 0.3) is 0 Å². The molecule has 6 nitrogen and oxygen atoms in total. The van der Waals surface area contributed by atoms with Gasteiger partial charge in [-0.1, -0.05) is 19.1 Å². The van der Waals surface area contributed by atoms with Crippen molar-refractivity contribution in [1.29, 1.82) is 0 Å². The fourth-order valence-corrected chi connectivity index (χ4v) is 2.82. The van der Waals surface area contributed by atoms with E-state index in [1.807, 2.05) is 24.3 Å². The molecule has 0 spiro atoms. The molecular weight excluding hydrogens is 307 g/mol. The zero-order chi connectivity index (χ0) is 16.6. The molecule has 0 aliphatic rings. The summed E-state index contributed by atoms with van der Waals surface area (Å²) in [5.41, 5.74) is 0.986. The minimum Gasteiger partial charge on any atom is -0.497 e. The van der Waals surface area contributed by atoms with Crippen molar-refractivity contribution >= 4 is 13.4 Å². The van der Waals surface area contributed by atoms with Gasteiger partial charge in [0.2, 0.25) is 0 Å². The smallest absolute Gasteiger partial charge is 0.337 e. The molecule has 7 heteroatoms. The summed E-state index contributed by atoms with van der Waals surface area (Å²) in [7, 11) is 0.832. The minimum atomic E-state index is -3.31. The van der Waals surface area contributed by atoms with E-state index in [0.29, 0.717) is 6.61 Å². The standard InChI is InChI=1S/C15H23O6P/c1-12(15(16)11-22(17,19-3)20-4)9-21-10-13-5-7-14(18-2)8-6-13/h5-8,12H,9-11H2,1-4H3/t12-/m0/s1. The Hall–Kier alpha value is -1.20. The molecule has 22 heavy (non-hydrogen) atoms. The van der Waals surface area contributed by atoms with Crippen molar-refractivity contribution in [3.8, 4) is 5.75 Å². The maximum Gasteiger partial charge on any atom is 0.337 e. The number of benzene rings is 1.